The standard InChI is InChI=1S/C22H19N3O2/c1-16(5-4-12-26)13-17(2)25-18(3)20-7-9-21(10-8-20)27-22-11-6-19(14-23)15-24-22/h4-13,15H,3H2,1-2H3/b5-4+,16-13+,25-17?. The number of rotatable bonds is 7. The minimum atomic E-state index is 0.415. The number of carbonyl (C=O) groups is 1. The lowest BCUT2D eigenvalue weighted by molar-refractivity contribution is -0.104. The molecule has 0 saturated carbocycles. The zero-order chi connectivity index (χ0) is 19.6. The molecule has 0 fully saturated rings. The van der Waals surface area contributed by atoms with Crippen molar-refractivity contribution < 1.29 is 9.53 Å². The number of allylic oxidation sites excluding steroid dienone is 4. The molecule has 0 unspecified atom stereocenters. The van der Waals surface area contributed by atoms with Crippen molar-refractivity contribution in [2.24, 2.45) is 4.99 Å². The first-order valence-corrected chi connectivity index (χ1v) is 8.20. The van der Waals surface area contributed by atoms with E-state index in [2.05, 4.69) is 16.6 Å². The number of carbonyl (C=O) groups excluding carboxylic acids is 1. The van der Waals surface area contributed by atoms with Gasteiger partial charge >= 0.3 is 0 Å². The Labute approximate surface area is 158 Å². The van der Waals surface area contributed by atoms with Gasteiger partial charge in [-0.2, -0.15) is 5.26 Å². The minimum Gasteiger partial charge on any atom is -0.439 e. The lowest BCUT2D eigenvalue weighted by Gasteiger charge is -2.06. The fourth-order valence-corrected chi connectivity index (χ4v) is 2.22. The Bertz CT molecular complexity index is 945. The Morgan fingerprint density at radius 2 is 1.96 bits per heavy atom. The molecule has 0 N–H and O–H groups in total. The number of benzene rings is 1. The van der Waals surface area contributed by atoms with E-state index in [1.165, 1.54) is 12.3 Å². The zero-order valence-corrected chi connectivity index (χ0v) is 15.2. The highest BCUT2D eigenvalue weighted by molar-refractivity contribution is 5.97. The van der Waals surface area contributed by atoms with Crippen LogP contribution in [0, 0.1) is 11.3 Å². The van der Waals surface area contributed by atoms with Gasteiger partial charge in [0.2, 0.25) is 5.88 Å². The van der Waals surface area contributed by atoms with Gasteiger partial charge in [0.25, 0.3) is 0 Å². The number of nitrogens with zero attached hydrogens (tertiary/aromatic N) is 3. The number of hydrogen-bond donors (Lipinski definition) is 0. The van der Waals surface area contributed by atoms with Gasteiger partial charge in [-0.15, -0.1) is 0 Å². The van der Waals surface area contributed by atoms with E-state index in [1.807, 2.05) is 38.1 Å². The van der Waals surface area contributed by atoms with Crippen molar-refractivity contribution in [2.75, 3.05) is 0 Å². The molecule has 2 aromatic rings. The maximum Gasteiger partial charge on any atom is 0.219 e. The summed E-state index contributed by atoms with van der Waals surface area (Å²) in [5.74, 6) is 1.04. The topological polar surface area (TPSA) is 75.3 Å². The molecule has 0 aliphatic carbocycles. The summed E-state index contributed by atoms with van der Waals surface area (Å²) in [5.41, 5.74) is 3.68. The molecule has 5 nitrogen and oxygen atoms in total. The number of ether oxygens (including phenoxy) is 1. The van der Waals surface area contributed by atoms with Gasteiger partial charge < -0.3 is 4.74 Å². The highest BCUT2D eigenvalue weighted by Crippen LogP contribution is 2.23. The van der Waals surface area contributed by atoms with Crippen molar-refractivity contribution in [3.63, 3.8) is 0 Å². The first kappa shape index (κ1) is 19.5. The van der Waals surface area contributed by atoms with Gasteiger partial charge in [-0.3, -0.25) is 9.79 Å². The summed E-state index contributed by atoms with van der Waals surface area (Å²) < 4.78 is 5.65. The smallest absolute Gasteiger partial charge is 0.219 e. The average molecular weight is 357 g/mol. The van der Waals surface area contributed by atoms with Crippen LogP contribution in [0.2, 0.25) is 0 Å². The number of hydrogen-bond acceptors (Lipinski definition) is 5. The highest BCUT2D eigenvalue weighted by Gasteiger charge is 2.02. The normalized spacial score (nSPS) is 11.9. The molecule has 0 amide bonds. The molecule has 0 aliphatic rings. The van der Waals surface area contributed by atoms with Crippen LogP contribution in [-0.4, -0.2) is 17.0 Å². The second-order valence-corrected chi connectivity index (χ2v) is 5.71. The maximum absolute atomic E-state index is 10.3. The van der Waals surface area contributed by atoms with E-state index in [4.69, 9.17) is 10.00 Å². The summed E-state index contributed by atoms with van der Waals surface area (Å²) in [6, 6.07) is 12.6. The molecule has 0 bridgehead atoms. The summed E-state index contributed by atoms with van der Waals surface area (Å²) in [6.45, 7) is 7.76. The van der Waals surface area contributed by atoms with Crippen LogP contribution in [0.25, 0.3) is 5.70 Å². The predicted molar refractivity (Wildman–Crippen MR) is 107 cm³/mol. The van der Waals surface area contributed by atoms with E-state index in [0.29, 0.717) is 22.9 Å². The van der Waals surface area contributed by atoms with Crippen LogP contribution in [0.5, 0.6) is 11.6 Å². The van der Waals surface area contributed by atoms with Gasteiger partial charge in [0, 0.05) is 18.0 Å². The summed E-state index contributed by atoms with van der Waals surface area (Å²) in [6.07, 6.45) is 7.23. The molecule has 134 valence electrons. The molecule has 0 radical (unpaired) electrons. The fraction of sp³-hybridized carbons (Fsp3) is 0.0909. The molecule has 0 atom stereocenters. The third-order valence-corrected chi connectivity index (χ3v) is 3.46. The van der Waals surface area contributed by atoms with Crippen LogP contribution in [0.4, 0.5) is 0 Å². The predicted octanol–water partition coefficient (Wildman–Crippen LogP) is 4.88. The van der Waals surface area contributed by atoms with Crippen LogP contribution >= 0.6 is 0 Å². The van der Waals surface area contributed by atoms with Crippen LogP contribution in [0.3, 0.4) is 0 Å². The van der Waals surface area contributed by atoms with Gasteiger partial charge in [0.15, 0.2) is 0 Å². The number of aliphatic imine (C=N–C) groups is 1. The summed E-state index contributed by atoms with van der Waals surface area (Å²) in [4.78, 5) is 18.9. The minimum absolute atomic E-state index is 0.415. The molecule has 1 aromatic heterocycles. The molecule has 1 heterocycles. The van der Waals surface area contributed by atoms with Crippen molar-refractivity contribution >= 4 is 17.7 Å². The molecule has 0 spiro atoms. The van der Waals surface area contributed by atoms with Crippen molar-refractivity contribution in [3.8, 4) is 17.7 Å². The number of aromatic nitrogens is 1. The van der Waals surface area contributed by atoms with E-state index in [1.54, 1.807) is 30.3 Å². The Hall–Kier alpha value is -3.78. The monoisotopic (exact) mass is 357 g/mol. The Balaban J connectivity index is 2.06. The molecule has 5 heteroatoms. The molecular formula is C22H19N3O2. The SMILES string of the molecule is C=C(N=C(C)/C=C(C)/C=C/C=O)c1ccc(Oc2ccc(C#N)cn2)cc1. The largest absolute Gasteiger partial charge is 0.439 e. The van der Waals surface area contributed by atoms with E-state index in [9.17, 15) is 4.79 Å². The second-order valence-electron chi connectivity index (χ2n) is 5.71. The summed E-state index contributed by atoms with van der Waals surface area (Å²) in [5, 5.41) is 8.78. The maximum atomic E-state index is 10.3. The first-order valence-electron chi connectivity index (χ1n) is 8.20. The molecule has 2 rings (SSSR count). The Morgan fingerprint density at radius 1 is 1.22 bits per heavy atom. The quantitative estimate of drug-likeness (QED) is 0.306. The Morgan fingerprint density at radius 3 is 2.56 bits per heavy atom. The molecule has 27 heavy (non-hydrogen) atoms. The van der Waals surface area contributed by atoms with Crippen molar-refractivity contribution in [1.82, 2.24) is 4.98 Å². The van der Waals surface area contributed by atoms with E-state index in [0.717, 1.165) is 23.1 Å². The van der Waals surface area contributed by atoms with E-state index < -0.39 is 0 Å². The lowest BCUT2D eigenvalue weighted by Crippen LogP contribution is -1.90. The first-order chi connectivity index (χ1) is 13.0. The van der Waals surface area contributed by atoms with Crippen LogP contribution < -0.4 is 4.74 Å². The van der Waals surface area contributed by atoms with Crippen LogP contribution in [0.15, 0.2) is 78.0 Å². The van der Waals surface area contributed by atoms with Crippen molar-refractivity contribution in [2.45, 2.75) is 13.8 Å². The van der Waals surface area contributed by atoms with Gasteiger partial charge in [-0.25, -0.2) is 4.98 Å². The number of nitriles is 1. The van der Waals surface area contributed by atoms with Gasteiger partial charge in [-0.1, -0.05) is 12.7 Å². The zero-order valence-electron chi connectivity index (χ0n) is 15.2. The average Bonchev–Trinajstić information content (AvgIpc) is 2.67. The second kappa shape index (κ2) is 9.64. The Kier molecular flexibility index (Phi) is 6.98. The third-order valence-electron chi connectivity index (χ3n) is 3.46. The van der Waals surface area contributed by atoms with Crippen molar-refractivity contribution in [3.05, 3.63) is 84.1 Å². The van der Waals surface area contributed by atoms with Crippen LogP contribution in [0.1, 0.15) is 25.0 Å². The summed E-state index contributed by atoms with van der Waals surface area (Å²) in [7, 11) is 0. The van der Waals surface area contributed by atoms with Gasteiger partial charge in [-0.05, 0) is 67.5 Å². The molecule has 1 aromatic carbocycles. The van der Waals surface area contributed by atoms with E-state index >= 15 is 0 Å². The highest BCUT2D eigenvalue weighted by atomic mass is 16.5. The van der Waals surface area contributed by atoms with Gasteiger partial charge in [0.05, 0.1) is 11.3 Å². The molecule has 0 aliphatic heterocycles. The molecule has 0 saturated heterocycles. The fourth-order valence-electron chi connectivity index (χ4n) is 2.22. The van der Waals surface area contributed by atoms with E-state index in [-0.39, 0.29) is 0 Å². The van der Waals surface area contributed by atoms with Gasteiger partial charge in [0.1, 0.15) is 18.1 Å². The third kappa shape index (κ3) is 6.22. The molecular weight excluding hydrogens is 338 g/mol. The number of aldehydes is 1. The van der Waals surface area contributed by atoms with Crippen LogP contribution in [-0.2, 0) is 4.79 Å². The lowest BCUT2D eigenvalue weighted by atomic mass is 10.1. The number of pyridine rings is 1. The van der Waals surface area contributed by atoms with Crippen molar-refractivity contribution in [1.29, 1.82) is 5.26 Å². The summed E-state index contributed by atoms with van der Waals surface area (Å²) >= 11 is 0.